The summed E-state index contributed by atoms with van der Waals surface area (Å²) in [5.74, 6) is 3.22. The van der Waals surface area contributed by atoms with Gasteiger partial charge in [-0.2, -0.15) is 4.98 Å². The third-order valence-corrected chi connectivity index (χ3v) is 4.46. The number of hydrogen-bond donors (Lipinski definition) is 2. The highest BCUT2D eigenvalue weighted by molar-refractivity contribution is 5.79. The highest BCUT2D eigenvalue weighted by Crippen LogP contribution is 2.27. The summed E-state index contributed by atoms with van der Waals surface area (Å²) in [6.45, 7) is 4.07. The van der Waals surface area contributed by atoms with E-state index in [0.717, 1.165) is 42.5 Å². The monoisotopic (exact) mass is 424 g/mol. The van der Waals surface area contributed by atoms with Crippen LogP contribution < -0.4 is 20.1 Å². The molecule has 164 valence electrons. The third-order valence-electron chi connectivity index (χ3n) is 4.46. The van der Waals surface area contributed by atoms with Crippen LogP contribution in [0.5, 0.6) is 11.5 Å². The summed E-state index contributed by atoms with van der Waals surface area (Å²) in [7, 11) is 3.27. The lowest BCUT2D eigenvalue weighted by atomic mass is 10.1. The third kappa shape index (κ3) is 6.43. The summed E-state index contributed by atoms with van der Waals surface area (Å²) in [5.41, 5.74) is 1.81. The fourth-order valence-electron chi connectivity index (χ4n) is 2.92. The Morgan fingerprint density at radius 2 is 1.94 bits per heavy atom. The van der Waals surface area contributed by atoms with E-state index in [-0.39, 0.29) is 0 Å². The Balaban J connectivity index is 1.51. The highest BCUT2D eigenvalue weighted by atomic mass is 16.5. The Morgan fingerprint density at radius 3 is 2.68 bits per heavy atom. The van der Waals surface area contributed by atoms with Crippen molar-refractivity contribution in [3.05, 3.63) is 54.0 Å². The summed E-state index contributed by atoms with van der Waals surface area (Å²) in [4.78, 5) is 13.2. The minimum Gasteiger partial charge on any atom is -0.493 e. The molecule has 9 nitrogen and oxygen atoms in total. The molecular weight excluding hydrogens is 396 g/mol. The van der Waals surface area contributed by atoms with Gasteiger partial charge in [0.15, 0.2) is 23.3 Å². The summed E-state index contributed by atoms with van der Waals surface area (Å²) in [5, 5.41) is 10.6. The predicted molar refractivity (Wildman–Crippen MR) is 118 cm³/mol. The van der Waals surface area contributed by atoms with Crippen LogP contribution in [0.15, 0.2) is 52.1 Å². The first-order valence-electron chi connectivity index (χ1n) is 10.2. The summed E-state index contributed by atoms with van der Waals surface area (Å²) in [6, 6.07) is 11.5. The molecule has 0 amide bonds. The topological polar surface area (TPSA) is 107 Å². The van der Waals surface area contributed by atoms with Crippen molar-refractivity contribution in [3.8, 4) is 23.1 Å². The second-order valence-corrected chi connectivity index (χ2v) is 6.61. The zero-order valence-corrected chi connectivity index (χ0v) is 18.1. The molecule has 0 aliphatic heterocycles. The van der Waals surface area contributed by atoms with Crippen molar-refractivity contribution in [2.24, 2.45) is 4.99 Å². The minimum absolute atomic E-state index is 0.416. The van der Waals surface area contributed by atoms with Gasteiger partial charge in [-0.1, -0.05) is 17.3 Å². The molecule has 2 N–H and O–H groups in total. The quantitative estimate of drug-likeness (QED) is 0.378. The molecule has 3 aromatic rings. The fraction of sp³-hybridized carbons (Fsp3) is 0.364. The molecule has 2 heterocycles. The van der Waals surface area contributed by atoms with Crippen molar-refractivity contribution in [1.29, 1.82) is 0 Å². The molecule has 0 saturated heterocycles. The number of guanidine groups is 1. The highest BCUT2D eigenvalue weighted by Gasteiger charge is 2.09. The van der Waals surface area contributed by atoms with Gasteiger partial charge in [0.25, 0.3) is 5.89 Å². The van der Waals surface area contributed by atoms with Crippen LogP contribution in [0.4, 0.5) is 0 Å². The van der Waals surface area contributed by atoms with E-state index >= 15 is 0 Å². The lowest BCUT2D eigenvalue weighted by Crippen LogP contribution is -2.38. The van der Waals surface area contributed by atoms with E-state index in [2.05, 4.69) is 30.8 Å². The molecule has 31 heavy (non-hydrogen) atoms. The number of hydrogen-bond acceptors (Lipinski definition) is 7. The number of pyridine rings is 1. The van der Waals surface area contributed by atoms with Gasteiger partial charge in [0.05, 0.1) is 14.2 Å². The van der Waals surface area contributed by atoms with Gasteiger partial charge in [0.1, 0.15) is 5.69 Å². The Kier molecular flexibility index (Phi) is 8.21. The molecule has 0 fully saturated rings. The van der Waals surface area contributed by atoms with Crippen LogP contribution in [0.1, 0.15) is 18.3 Å². The average molecular weight is 425 g/mol. The molecule has 0 spiro atoms. The maximum atomic E-state index is 5.36. The number of aromatic nitrogens is 3. The summed E-state index contributed by atoms with van der Waals surface area (Å²) >= 11 is 0. The molecule has 0 saturated carbocycles. The van der Waals surface area contributed by atoms with E-state index in [1.54, 1.807) is 20.4 Å². The molecule has 0 bridgehead atoms. The Morgan fingerprint density at radius 1 is 1.06 bits per heavy atom. The van der Waals surface area contributed by atoms with Crippen molar-refractivity contribution >= 4 is 5.96 Å². The maximum absolute atomic E-state index is 5.36. The van der Waals surface area contributed by atoms with Crippen LogP contribution in [0.25, 0.3) is 11.6 Å². The van der Waals surface area contributed by atoms with Crippen molar-refractivity contribution < 1.29 is 14.0 Å². The molecule has 3 rings (SSSR count). The number of ether oxygens (including phenoxy) is 2. The van der Waals surface area contributed by atoms with Gasteiger partial charge >= 0.3 is 0 Å². The lowest BCUT2D eigenvalue weighted by molar-refractivity contribution is 0.354. The van der Waals surface area contributed by atoms with Crippen LogP contribution in [0, 0.1) is 0 Å². The standard InChI is InChI=1S/C22H28N6O3/c1-4-23-22(25-13-10-16-8-9-18(29-2)19(15-16)30-3)26-14-11-20-27-21(31-28-20)17-7-5-6-12-24-17/h5-9,12,15H,4,10-11,13-14H2,1-3H3,(H2,23,25,26). The largest absolute Gasteiger partial charge is 0.493 e. The van der Waals surface area contributed by atoms with E-state index < -0.39 is 0 Å². The maximum Gasteiger partial charge on any atom is 0.276 e. The van der Waals surface area contributed by atoms with E-state index in [0.29, 0.717) is 30.4 Å². The van der Waals surface area contributed by atoms with Crippen LogP contribution in [-0.4, -0.2) is 54.9 Å². The van der Waals surface area contributed by atoms with Crippen LogP contribution in [0.2, 0.25) is 0 Å². The van der Waals surface area contributed by atoms with Crippen molar-refractivity contribution in [2.45, 2.75) is 19.8 Å². The van der Waals surface area contributed by atoms with Gasteiger partial charge in [0.2, 0.25) is 0 Å². The number of benzene rings is 1. The SMILES string of the molecule is CCNC(=NCCc1noc(-c2ccccn2)n1)NCCc1ccc(OC)c(OC)c1. The van der Waals surface area contributed by atoms with E-state index in [1.165, 1.54) is 0 Å². The Hall–Kier alpha value is -3.62. The molecule has 0 aliphatic carbocycles. The second-order valence-electron chi connectivity index (χ2n) is 6.61. The predicted octanol–water partition coefficient (Wildman–Crippen LogP) is 2.49. The number of nitrogens with one attached hydrogen (secondary N) is 2. The zero-order chi connectivity index (χ0) is 21.9. The molecular formula is C22H28N6O3. The van der Waals surface area contributed by atoms with Crippen molar-refractivity contribution in [1.82, 2.24) is 25.8 Å². The van der Waals surface area contributed by atoms with Gasteiger partial charge in [-0.3, -0.25) is 9.98 Å². The van der Waals surface area contributed by atoms with Crippen LogP contribution in [-0.2, 0) is 12.8 Å². The summed E-state index contributed by atoms with van der Waals surface area (Å²) < 4.78 is 15.9. The molecule has 1 aromatic carbocycles. The molecule has 2 aromatic heterocycles. The van der Waals surface area contributed by atoms with Crippen molar-refractivity contribution in [3.63, 3.8) is 0 Å². The smallest absolute Gasteiger partial charge is 0.276 e. The van der Waals surface area contributed by atoms with Gasteiger partial charge < -0.3 is 24.6 Å². The minimum atomic E-state index is 0.416. The number of nitrogens with zero attached hydrogens (tertiary/aromatic N) is 4. The number of aliphatic imine (C=N–C) groups is 1. The second kappa shape index (κ2) is 11.5. The Bertz CT molecular complexity index is 974. The average Bonchev–Trinajstić information content (AvgIpc) is 3.28. The molecule has 0 unspecified atom stereocenters. The van der Waals surface area contributed by atoms with Gasteiger partial charge in [0, 0.05) is 32.3 Å². The molecule has 0 aliphatic rings. The number of methoxy groups -OCH3 is 2. The van der Waals surface area contributed by atoms with Gasteiger partial charge in [-0.05, 0) is 43.2 Å². The first-order chi connectivity index (χ1) is 15.2. The van der Waals surface area contributed by atoms with Crippen LogP contribution in [0.3, 0.4) is 0 Å². The lowest BCUT2D eigenvalue weighted by Gasteiger charge is -2.12. The molecule has 0 atom stereocenters. The van der Waals surface area contributed by atoms with E-state index in [9.17, 15) is 0 Å². The Labute approximate surface area is 181 Å². The van der Waals surface area contributed by atoms with Crippen molar-refractivity contribution in [2.75, 3.05) is 33.9 Å². The fourth-order valence-corrected chi connectivity index (χ4v) is 2.92. The molecule has 0 radical (unpaired) electrons. The van der Waals surface area contributed by atoms with Gasteiger partial charge in [-0.15, -0.1) is 0 Å². The zero-order valence-electron chi connectivity index (χ0n) is 18.1. The van der Waals surface area contributed by atoms with E-state index in [4.69, 9.17) is 14.0 Å². The molecule has 9 heteroatoms. The van der Waals surface area contributed by atoms with Gasteiger partial charge in [-0.25, -0.2) is 0 Å². The number of rotatable bonds is 10. The summed E-state index contributed by atoms with van der Waals surface area (Å²) in [6.07, 6.45) is 3.09. The van der Waals surface area contributed by atoms with E-state index in [1.807, 2.05) is 43.3 Å². The first kappa shape index (κ1) is 22.1. The normalized spacial score (nSPS) is 11.3. The van der Waals surface area contributed by atoms with Crippen LogP contribution >= 0.6 is 0 Å². The first-order valence-corrected chi connectivity index (χ1v) is 10.2.